The lowest BCUT2D eigenvalue weighted by Gasteiger charge is -2.23. The highest BCUT2D eigenvalue weighted by Gasteiger charge is 2.31. The van der Waals surface area contributed by atoms with Crippen LogP contribution in [0.5, 0.6) is 0 Å². The number of hydrogen-bond acceptors (Lipinski definition) is 4. The fourth-order valence-corrected chi connectivity index (χ4v) is 3.50. The van der Waals surface area contributed by atoms with Crippen molar-refractivity contribution >= 4 is 17.0 Å². The summed E-state index contributed by atoms with van der Waals surface area (Å²) in [6.07, 6.45) is -0.723. The molecule has 0 aliphatic carbocycles. The maximum absolute atomic E-state index is 13.1. The minimum atomic E-state index is -4.40. The van der Waals surface area contributed by atoms with E-state index in [-0.39, 0.29) is 18.8 Å². The lowest BCUT2D eigenvalue weighted by Crippen LogP contribution is -2.25. The second-order valence-corrected chi connectivity index (χ2v) is 6.79. The predicted molar refractivity (Wildman–Crippen MR) is 101 cm³/mol. The van der Waals surface area contributed by atoms with Crippen molar-refractivity contribution in [3.63, 3.8) is 0 Å². The Labute approximate surface area is 159 Å². The lowest BCUT2D eigenvalue weighted by molar-refractivity contribution is -0.137. The molecule has 1 N–H and O–H groups in total. The fraction of sp³-hybridized carbons (Fsp3) is 0.368. The molecule has 0 atom stereocenters. The molecule has 28 heavy (non-hydrogen) atoms. The Bertz CT molecular complexity index is 1030. The maximum atomic E-state index is 13.1. The summed E-state index contributed by atoms with van der Waals surface area (Å²) in [7, 11) is 0. The molecule has 0 spiro atoms. The zero-order valence-corrected chi connectivity index (χ0v) is 15.1. The molecule has 1 fully saturated rings. The number of nitrogens with zero attached hydrogens (tertiary/aromatic N) is 4. The first-order valence-corrected chi connectivity index (χ1v) is 9.18. The summed E-state index contributed by atoms with van der Waals surface area (Å²) in [5, 5.41) is 7.31. The van der Waals surface area contributed by atoms with Crippen molar-refractivity contribution in [2.75, 3.05) is 29.9 Å². The van der Waals surface area contributed by atoms with Gasteiger partial charge in [0.15, 0.2) is 5.65 Å². The van der Waals surface area contributed by atoms with Gasteiger partial charge in [0.2, 0.25) is 0 Å². The van der Waals surface area contributed by atoms with Crippen molar-refractivity contribution in [2.45, 2.75) is 25.6 Å². The van der Waals surface area contributed by atoms with E-state index in [0.29, 0.717) is 11.3 Å². The Morgan fingerprint density at radius 1 is 1.11 bits per heavy atom. The highest BCUT2D eigenvalue weighted by Crippen LogP contribution is 2.36. The Morgan fingerprint density at radius 2 is 1.89 bits per heavy atom. The van der Waals surface area contributed by atoms with Gasteiger partial charge in [0.25, 0.3) is 0 Å². The number of nitrogens with one attached hydrogen (secondary N) is 1. The predicted octanol–water partition coefficient (Wildman–Crippen LogP) is 3.23. The van der Waals surface area contributed by atoms with E-state index in [1.807, 2.05) is 0 Å². The molecule has 2 aromatic heterocycles. The van der Waals surface area contributed by atoms with E-state index in [2.05, 4.69) is 15.3 Å². The van der Waals surface area contributed by atoms with Gasteiger partial charge in [-0.1, -0.05) is 6.07 Å². The summed E-state index contributed by atoms with van der Waals surface area (Å²) in [6.45, 7) is 2.18. The van der Waals surface area contributed by atoms with E-state index >= 15 is 0 Å². The highest BCUT2D eigenvalue weighted by atomic mass is 19.4. The van der Waals surface area contributed by atoms with Crippen LogP contribution >= 0.6 is 0 Å². The van der Waals surface area contributed by atoms with E-state index in [1.54, 1.807) is 24.4 Å². The summed E-state index contributed by atoms with van der Waals surface area (Å²) in [5.74, 6) is 0. The summed E-state index contributed by atoms with van der Waals surface area (Å²) < 4.78 is 42.1. The Kier molecular flexibility index (Phi) is 4.74. The average molecular weight is 391 g/mol. The molecule has 1 aliphatic rings. The molecule has 3 heterocycles. The number of alkyl halides is 3. The molecule has 6 nitrogen and oxygen atoms in total. The number of fused-ring (bicyclic) bond motifs is 1. The van der Waals surface area contributed by atoms with Crippen LogP contribution in [0.25, 0.3) is 5.65 Å². The monoisotopic (exact) mass is 391 g/mol. The lowest BCUT2D eigenvalue weighted by atomic mass is 10.1. The second-order valence-electron chi connectivity index (χ2n) is 6.79. The molecule has 0 unspecified atom stereocenters. The van der Waals surface area contributed by atoms with Gasteiger partial charge in [-0.3, -0.25) is 4.40 Å². The van der Waals surface area contributed by atoms with Crippen molar-refractivity contribution in [3.05, 3.63) is 58.6 Å². The third-order valence-corrected chi connectivity index (χ3v) is 4.90. The number of rotatable bonds is 5. The second kappa shape index (κ2) is 7.21. The van der Waals surface area contributed by atoms with Gasteiger partial charge in [-0.25, -0.2) is 9.48 Å². The normalized spacial score (nSPS) is 14.8. The van der Waals surface area contributed by atoms with Gasteiger partial charge in [-0.2, -0.15) is 13.2 Å². The van der Waals surface area contributed by atoms with E-state index in [1.165, 1.54) is 15.1 Å². The topological polar surface area (TPSA) is 54.6 Å². The van der Waals surface area contributed by atoms with Gasteiger partial charge in [0, 0.05) is 25.8 Å². The number of halogens is 3. The van der Waals surface area contributed by atoms with Crippen LogP contribution in [0.15, 0.2) is 47.4 Å². The van der Waals surface area contributed by atoms with E-state index in [9.17, 15) is 18.0 Å². The molecule has 148 valence electrons. The first-order valence-electron chi connectivity index (χ1n) is 9.18. The van der Waals surface area contributed by atoms with Crippen LogP contribution in [-0.4, -0.2) is 33.8 Å². The van der Waals surface area contributed by atoms with Crippen molar-refractivity contribution in [1.82, 2.24) is 14.2 Å². The van der Waals surface area contributed by atoms with Crippen molar-refractivity contribution in [3.8, 4) is 0 Å². The van der Waals surface area contributed by atoms with Crippen LogP contribution in [0, 0.1) is 0 Å². The summed E-state index contributed by atoms with van der Waals surface area (Å²) >= 11 is 0. The van der Waals surface area contributed by atoms with Crippen LogP contribution in [0.1, 0.15) is 18.4 Å². The number of pyridine rings is 1. The standard InChI is InChI=1S/C19H20F3N5O/c20-19(21,22)14-6-7-16(25-9-3-4-10-25)15(13-14)23-8-12-27-18(28)26-11-2-1-5-17(26)24-27/h1-2,5-7,11,13,23H,3-4,8-10,12H2. The number of aromatic nitrogens is 3. The smallest absolute Gasteiger partial charge is 0.381 e. The van der Waals surface area contributed by atoms with Crippen molar-refractivity contribution in [1.29, 1.82) is 0 Å². The third-order valence-electron chi connectivity index (χ3n) is 4.90. The molecule has 1 aromatic carbocycles. The van der Waals surface area contributed by atoms with Gasteiger partial charge >= 0.3 is 11.9 Å². The number of benzene rings is 1. The first kappa shape index (κ1) is 18.4. The average Bonchev–Trinajstić information content (AvgIpc) is 3.30. The van der Waals surface area contributed by atoms with Crippen molar-refractivity contribution in [2.24, 2.45) is 0 Å². The molecule has 0 saturated carbocycles. The van der Waals surface area contributed by atoms with Gasteiger partial charge < -0.3 is 10.2 Å². The van der Waals surface area contributed by atoms with Crippen LogP contribution in [-0.2, 0) is 12.7 Å². The Balaban J connectivity index is 1.55. The zero-order valence-electron chi connectivity index (χ0n) is 15.1. The molecular weight excluding hydrogens is 371 g/mol. The molecule has 0 amide bonds. The summed E-state index contributed by atoms with van der Waals surface area (Å²) in [5.41, 5.74) is 0.745. The summed E-state index contributed by atoms with van der Waals surface area (Å²) in [4.78, 5) is 14.4. The molecule has 4 rings (SSSR count). The SMILES string of the molecule is O=c1n(CCNc2cc(C(F)(F)F)ccc2N2CCCC2)nc2ccccn12. The Hall–Kier alpha value is -2.97. The van der Waals surface area contributed by atoms with Gasteiger partial charge in [-0.15, -0.1) is 5.10 Å². The minimum absolute atomic E-state index is 0.246. The Morgan fingerprint density at radius 3 is 2.61 bits per heavy atom. The first-order chi connectivity index (χ1) is 13.4. The van der Waals surface area contributed by atoms with E-state index < -0.39 is 11.7 Å². The van der Waals surface area contributed by atoms with Gasteiger partial charge in [-0.05, 0) is 43.2 Å². The zero-order chi connectivity index (χ0) is 19.7. The molecule has 0 bridgehead atoms. The van der Waals surface area contributed by atoms with Crippen LogP contribution in [0.3, 0.4) is 0 Å². The third kappa shape index (κ3) is 3.56. The number of anilines is 2. The van der Waals surface area contributed by atoms with Crippen LogP contribution in [0.2, 0.25) is 0 Å². The molecule has 3 aromatic rings. The van der Waals surface area contributed by atoms with E-state index in [4.69, 9.17) is 0 Å². The minimum Gasteiger partial charge on any atom is -0.381 e. The summed E-state index contributed by atoms with van der Waals surface area (Å²) in [6, 6.07) is 9.03. The van der Waals surface area contributed by atoms with Crippen LogP contribution in [0.4, 0.5) is 24.5 Å². The molecule has 1 aliphatic heterocycles. The molecule has 0 radical (unpaired) electrons. The molecular formula is C19H20F3N5O. The fourth-order valence-electron chi connectivity index (χ4n) is 3.50. The van der Waals surface area contributed by atoms with Crippen molar-refractivity contribution < 1.29 is 13.2 Å². The number of hydrogen-bond donors (Lipinski definition) is 1. The quantitative estimate of drug-likeness (QED) is 0.726. The van der Waals surface area contributed by atoms with Gasteiger partial charge in [0.1, 0.15) is 0 Å². The van der Waals surface area contributed by atoms with Gasteiger partial charge in [0.05, 0.1) is 23.5 Å². The highest BCUT2D eigenvalue weighted by molar-refractivity contribution is 5.71. The van der Waals surface area contributed by atoms with E-state index in [0.717, 1.165) is 43.8 Å². The molecule has 9 heteroatoms. The largest absolute Gasteiger partial charge is 0.416 e. The van der Waals surface area contributed by atoms with Crippen LogP contribution < -0.4 is 15.9 Å². The molecule has 1 saturated heterocycles. The maximum Gasteiger partial charge on any atom is 0.416 e.